The summed E-state index contributed by atoms with van der Waals surface area (Å²) in [5.74, 6) is -1.18. The second-order valence-corrected chi connectivity index (χ2v) is 11.6. The molecular formula is C30H44IN3O6. The Balaban J connectivity index is 1.22. The first-order valence-corrected chi connectivity index (χ1v) is 16.3. The molecule has 0 radical (unpaired) electrons. The number of imide groups is 1. The molecule has 1 fully saturated rings. The molecule has 2 heterocycles. The number of carbonyl (C=O) groups excluding carboxylic acids is 4. The first kappa shape index (κ1) is 32.5. The zero-order valence-corrected chi connectivity index (χ0v) is 25.7. The van der Waals surface area contributed by atoms with Crippen LogP contribution in [0.1, 0.15) is 99.4 Å². The van der Waals surface area contributed by atoms with Crippen molar-refractivity contribution < 1.29 is 28.7 Å². The van der Waals surface area contributed by atoms with E-state index < -0.39 is 11.9 Å². The Bertz CT molecular complexity index is 988. The zero-order chi connectivity index (χ0) is 28.6. The molecule has 1 atom stereocenters. The van der Waals surface area contributed by atoms with Crippen molar-refractivity contribution in [2.45, 2.75) is 96.1 Å². The lowest BCUT2D eigenvalue weighted by atomic mass is 10.0. The number of anilines is 1. The van der Waals surface area contributed by atoms with Gasteiger partial charge in [-0.3, -0.25) is 24.5 Å². The van der Waals surface area contributed by atoms with Crippen molar-refractivity contribution in [3.05, 3.63) is 29.3 Å². The Hall–Kier alpha value is -2.05. The number of hydrogen-bond acceptors (Lipinski definition) is 6. The van der Waals surface area contributed by atoms with Gasteiger partial charge >= 0.3 is 0 Å². The fourth-order valence-corrected chi connectivity index (χ4v) is 5.58. The number of halogens is 1. The van der Waals surface area contributed by atoms with E-state index in [0.29, 0.717) is 30.7 Å². The molecule has 3 rings (SSSR count). The monoisotopic (exact) mass is 669 g/mol. The summed E-state index contributed by atoms with van der Waals surface area (Å²) in [5, 5.41) is 5.20. The van der Waals surface area contributed by atoms with E-state index in [9.17, 15) is 19.2 Å². The lowest BCUT2D eigenvalue weighted by molar-refractivity contribution is -0.137. The van der Waals surface area contributed by atoms with Crippen molar-refractivity contribution in [1.82, 2.24) is 10.2 Å². The van der Waals surface area contributed by atoms with Crippen LogP contribution in [0.15, 0.2) is 18.2 Å². The summed E-state index contributed by atoms with van der Waals surface area (Å²) >= 11 is 2.43. The first-order chi connectivity index (χ1) is 19.5. The maximum Gasteiger partial charge on any atom is 0.257 e. The molecule has 2 aliphatic rings. The molecule has 222 valence electrons. The van der Waals surface area contributed by atoms with E-state index in [1.165, 1.54) is 35.0 Å². The standard InChI is InChI=1S/C30H44IN3O6/c31-17-6-1-2-7-18-39-20-9-4-10-21-40-19-8-3-5-14-26(35)32-24-13-11-12-23-22-34(30(38)28(23)24)25-15-16-27(36)33-29(25)37/h11-13,25H,1-10,14-22H2,(H,32,35)(H,33,36,37). The van der Waals surface area contributed by atoms with E-state index in [0.717, 1.165) is 63.9 Å². The minimum atomic E-state index is -0.674. The molecule has 0 spiro atoms. The molecule has 9 nitrogen and oxygen atoms in total. The number of piperidine rings is 1. The third-order valence-electron chi connectivity index (χ3n) is 7.27. The molecule has 0 aliphatic carbocycles. The van der Waals surface area contributed by atoms with Gasteiger partial charge in [0.15, 0.2) is 0 Å². The summed E-state index contributed by atoms with van der Waals surface area (Å²) in [6, 6.07) is 4.68. The smallest absolute Gasteiger partial charge is 0.257 e. The van der Waals surface area contributed by atoms with Crippen molar-refractivity contribution in [1.29, 1.82) is 0 Å². The fourth-order valence-electron chi connectivity index (χ4n) is 5.04. The van der Waals surface area contributed by atoms with Gasteiger partial charge in [0, 0.05) is 45.8 Å². The van der Waals surface area contributed by atoms with Gasteiger partial charge in [0.25, 0.3) is 5.91 Å². The summed E-state index contributed by atoms with van der Waals surface area (Å²) in [7, 11) is 0. The minimum absolute atomic E-state index is 0.135. The number of ether oxygens (including phenoxy) is 2. The number of unbranched alkanes of at least 4 members (excludes halogenated alkanes) is 7. The number of carbonyl (C=O) groups is 4. The van der Waals surface area contributed by atoms with Crippen molar-refractivity contribution in [3.8, 4) is 0 Å². The SMILES string of the molecule is O=C1CCC(N2Cc3cccc(NC(=O)CCCCCOCCCCCOCCCCCCI)c3C2=O)C(=O)N1. The van der Waals surface area contributed by atoms with Crippen molar-refractivity contribution in [3.63, 3.8) is 0 Å². The number of hydrogen-bond donors (Lipinski definition) is 2. The van der Waals surface area contributed by atoms with E-state index in [4.69, 9.17) is 9.47 Å². The summed E-state index contributed by atoms with van der Waals surface area (Å²) in [5.41, 5.74) is 1.68. The Morgan fingerprint density at radius 3 is 2.17 bits per heavy atom. The van der Waals surface area contributed by atoms with Gasteiger partial charge in [-0.2, -0.15) is 0 Å². The van der Waals surface area contributed by atoms with E-state index in [2.05, 4.69) is 33.2 Å². The van der Waals surface area contributed by atoms with Gasteiger partial charge in [0.2, 0.25) is 17.7 Å². The number of alkyl halides is 1. The average Bonchev–Trinajstić information content (AvgIpc) is 3.27. The predicted octanol–water partition coefficient (Wildman–Crippen LogP) is 5.15. The average molecular weight is 670 g/mol. The Labute approximate surface area is 251 Å². The van der Waals surface area contributed by atoms with Crippen LogP contribution in [0.4, 0.5) is 5.69 Å². The highest BCUT2D eigenvalue weighted by Crippen LogP contribution is 2.32. The summed E-state index contributed by atoms with van der Waals surface area (Å²) in [6.07, 6.45) is 11.7. The number of rotatable bonds is 20. The quantitative estimate of drug-likeness (QED) is 0.0861. The van der Waals surface area contributed by atoms with Crippen LogP contribution in [0, 0.1) is 0 Å². The number of nitrogens with one attached hydrogen (secondary N) is 2. The van der Waals surface area contributed by atoms with Gasteiger partial charge in [0.1, 0.15) is 6.04 Å². The zero-order valence-electron chi connectivity index (χ0n) is 23.5. The third kappa shape index (κ3) is 10.7. The van der Waals surface area contributed by atoms with E-state index in [1.807, 2.05) is 6.07 Å². The van der Waals surface area contributed by atoms with E-state index in [1.54, 1.807) is 12.1 Å². The highest BCUT2D eigenvalue weighted by atomic mass is 127. The van der Waals surface area contributed by atoms with Crippen LogP contribution in [0.5, 0.6) is 0 Å². The molecule has 10 heteroatoms. The number of amides is 4. The van der Waals surface area contributed by atoms with Crippen molar-refractivity contribution in [2.75, 3.05) is 36.2 Å². The van der Waals surface area contributed by atoms with Gasteiger partial charge in [-0.1, -0.05) is 54.0 Å². The molecule has 4 amide bonds. The van der Waals surface area contributed by atoms with Crippen LogP contribution in [-0.4, -0.2) is 65.4 Å². The lowest BCUT2D eigenvalue weighted by Gasteiger charge is -2.29. The van der Waals surface area contributed by atoms with Gasteiger partial charge in [-0.15, -0.1) is 0 Å². The number of fused-ring (bicyclic) bond motifs is 1. The van der Waals surface area contributed by atoms with Crippen LogP contribution in [-0.2, 0) is 30.4 Å². The molecule has 40 heavy (non-hydrogen) atoms. The Morgan fingerprint density at radius 1 is 0.900 bits per heavy atom. The largest absolute Gasteiger partial charge is 0.381 e. The number of benzene rings is 1. The number of nitrogens with zero attached hydrogens (tertiary/aromatic N) is 1. The first-order valence-electron chi connectivity index (χ1n) is 14.8. The predicted molar refractivity (Wildman–Crippen MR) is 162 cm³/mol. The van der Waals surface area contributed by atoms with Gasteiger partial charge in [0.05, 0.1) is 11.3 Å². The summed E-state index contributed by atoms with van der Waals surface area (Å²) in [4.78, 5) is 51.0. The molecule has 1 unspecified atom stereocenters. The molecular weight excluding hydrogens is 625 g/mol. The highest BCUT2D eigenvalue weighted by molar-refractivity contribution is 14.1. The van der Waals surface area contributed by atoms with Crippen LogP contribution in [0.3, 0.4) is 0 Å². The third-order valence-corrected chi connectivity index (χ3v) is 8.03. The van der Waals surface area contributed by atoms with Gasteiger partial charge < -0.3 is 19.7 Å². The van der Waals surface area contributed by atoms with Crippen LogP contribution in [0.2, 0.25) is 0 Å². The van der Waals surface area contributed by atoms with Crippen LogP contribution < -0.4 is 10.6 Å². The summed E-state index contributed by atoms with van der Waals surface area (Å²) < 4.78 is 12.7. The van der Waals surface area contributed by atoms with Crippen LogP contribution >= 0.6 is 22.6 Å². The van der Waals surface area contributed by atoms with Crippen LogP contribution in [0.25, 0.3) is 0 Å². The Morgan fingerprint density at radius 2 is 1.52 bits per heavy atom. The molecule has 0 aromatic heterocycles. The molecule has 1 aromatic carbocycles. The Kier molecular flexibility index (Phi) is 14.9. The second kappa shape index (κ2) is 18.4. The molecule has 0 saturated carbocycles. The van der Waals surface area contributed by atoms with Crippen molar-refractivity contribution in [2.24, 2.45) is 0 Å². The maximum atomic E-state index is 13.1. The highest BCUT2D eigenvalue weighted by Gasteiger charge is 2.40. The lowest BCUT2D eigenvalue weighted by Crippen LogP contribution is -2.52. The summed E-state index contributed by atoms with van der Waals surface area (Å²) in [6.45, 7) is 3.47. The van der Waals surface area contributed by atoms with E-state index in [-0.39, 0.29) is 30.7 Å². The minimum Gasteiger partial charge on any atom is -0.381 e. The molecule has 1 saturated heterocycles. The molecule has 1 aromatic rings. The van der Waals surface area contributed by atoms with Crippen molar-refractivity contribution >= 4 is 51.9 Å². The topological polar surface area (TPSA) is 114 Å². The molecule has 0 bridgehead atoms. The van der Waals surface area contributed by atoms with Gasteiger partial charge in [-0.25, -0.2) is 0 Å². The molecule has 2 aliphatic heterocycles. The van der Waals surface area contributed by atoms with E-state index >= 15 is 0 Å². The maximum absolute atomic E-state index is 13.1. The molecule has 2 N–H and O–H groups in total. The normalized spacial score (nSPS) is 16.8. The van der Waals surface area contributed by atoms with Gasteiger partial charge in [-0.05, 0) is 67.4 Å². The second-order valence-electron chi connectivity index (χ2n) is 10.5. The fraction of sp³-hybridized carbons (Fsp3) is 0.667.